The fourth-order valence-corrected chi connectivity index (χ4v) is 2.88. The average molecular weight is 389 g/mol. The molecule has 0 saturated heterocycles. The summed E-state index contributed by atoms with van der Waals surface area (Å²) in [6.45, 7) is 0. The van der Waals surface area contributed by atoms with E-state index in [0.29, 0.717) is 9.99 Å². The maximum absolute atomic E-state index is 14.0. The number of hydrogen-bond donors (Lipinski definition) is 1. The minimum absolute atomic E-state index is 0.0980. The summed E-state index contributed by atoms with van der Waals surface area (Å²) < 4.78 is 42.1. The van der Waals surface area contributed by atoms with Crippen LogP contribution in [0.25, 0.3) is 16.6 Å². The lowest BCUT2D eigenvalue weighted by molar-refractivity contribution is 0.207. The third-order valence-corrected chi connectivity index (χ3v) is 4.08. The quantitative estimate of drug-likeness (QED) is 0.743. The second kappa shape index (κ2) is 5.51. The van der Waals surface area contributed by atoms with Gasteiger partial charge in [0, 0.05) is 4.47 Å². The van der Waals surface area contributed by atoms with E-state index in [1.165, 1.54) is 6.07 Å². The first-order valence-corrected chi connectivity index (χ1v) is 7.41. The van der Waals surface area contributed by atoms with Gasteiger partial charge in [-0.15, -0.1) is 0 Å². The van der Waals surface area contributed by atoms with E-state index in [4.69, 9.17) is 12.2 Å². The molecule has 1 N–H and O–H groups in total. The highest BCUT2D eigenvalue weighted by Gasteiger charge is 2.30. The predicted molar refractivity (Wildman–Crippen MR) is 84.3 cm³/mol. The molecule has 3 rings (SSSR count). The number of aromatic nitrogens is 2. The van der Waals surface area contributed by atoms with E-state index in [0.717, 1.165) is 16.7 Å². The average Bonchev–Trinajstić information content (AvgIpc) is 2.48. The molecule has 114 valence electrons. The van der Waals surface area contributed by atoms with Crippen LogP contribution in [0, 0.1) is 4.77 Å². The Labute approximate surface area is 135 Å². The number of fused-ring (bicyclic) bond motifs is 1. The summed E-state index contributed by atoms with van der Waals surface area (Å²) in [5.74, 6) is -1.36. The third kappa shape index (κ3) is 2.36. The van der Waals surface area contributed by atoms with Crippen LogP contribution in [0.4, 0.5) is 13.2 Å². The van der Waals surface area contributed by atoms with Crippen LogP contribution >= 0.6 is 28.1 Å². The number of nitrogens with zero attached hydrogens (tertiary/aromatic N) is 1. The maximum Gasteiger partial charge on any atom is 0.266 e. The topological polar surface area (TPSA) is 37.8 Å². The first-order valence-electron chi connectivity index (χ1n) is 6.21. The van der Waals surface area contributed by atoms with Crippen LogP contribution in [0.5, 0.6) is 0 Å². The predicted octanol–water partition coefficient (Wildman–Crippen LogP) is 4.21. The molecule has 2 aromatic rings. The normalized spacial score (nSPS) is 21.6. The molecule has 1 aliphatic rings. The van der Waals surface area contributed by atoms with Crippen molar-refractivity contribution in [1.82, 2.24) is 9.55 Å². The summed E-state index contributed by atoms with van der Waals surface area (Å²) >= 11 is 8.28. The molecule has 0 amide bonds. The first-order chi connectivity index (χ1) is 10.4. The summed E-state index contributed by atoms with van der Waals surface area (Å²) in [5.41, 5.74) is -0.538. The van der Waals surface area contributed by atoms with Crippen LogP contribution in [0.1, 0.15) is 0 Å². The zero-order valence-electron chi connectivity index (χ0n) is 10.8. The monoisotopic (exact) mass is 388 g/mol. The molecule has 0 fully saturated rings. The Hall–Kier alpha value is -1.67. The highest BCUT2D eigenvalue weighted by molar-refractivity contribution is 9.10. The van der Waals surface area contributed by atoms with Crippen LogP contribution < -0.4 is 5.56 Å². The number of rotatable bonds is 1. The van der Waals surface area contributed by atoms with Gasteiger partial charge in [-0.25, -0.2) is 13.2 Å². The van der Waals surface area contributed by atoms with Crippen molar-refractivity contribution in [3.63, 3.8) is 0 Å². The molecule has 0 saturated carbocycles. The molecule has 2 atom stereocenters. The fraction of sp³-hybridized carbons (Fsp3) is 0.143. The zero-order valence-corrected chi connectivity index (χ0v) is 13.2. The van der Waals surface area contributed by atoms with E-state index in [9.17, 15) is 18.0 Å². The SMILES string of the molecule is O=c1c2cc(Br)ccc2[nH]c(=S)n1C1=C(F)C(F)C(F)C=C1. The van der Waals surface area contributed by atoms with Gasteiger partial charge in [0.15, 0.2) is 22.9 Å². The van der Waals surface area contributed by atoms with E-state index in [1.54, 1.807) is 12.1 Å². The van der Waals surface area contributed by atoms with Crippen molar-refractivity contribution in [2.45, 2.75) is 12.3 Å². The van der Waals surface area contributed by atoms with E-state index in [-0.39, 0.29) is 10.2 Å². The van der Waals surface area contributed by atoms with Crippen molar-refractivity contribution in [2.24, 2.45) is 0 Å². The Bertz CT molecular complexity index is 947. The van der Waals surface area contributed by atoms with Gasteiger partial charge in [0.05, 0.1) is 16.6 Å². The largest absolute Gasteiger partial charge is 0.331 e. The van der Waals surface area contributed by atoms with E-state index < -0.39 is 29.4 Å². The zero-order chi connectivity index (χ0) is 16.0. The molecule has 2 unspecified atom stereocenters. The lowest BCUT2D eigenvalue weighted by Gasteiger charge is -2.18. The van der Waals surface area contributed by atoms with Crippen molar-refractivity contribution >= 4 is 44.7 Å². The minimum atomic E-state index is -2.44. The Kier molecular flexibility index (Phi) is 3.82. The van der Waals surface area contributed by atoms with Crippen molar-refractivity contribution in [3.05, 3.63) is 55.8 Å². The second-order valence-corrected chi connectivity index (χ2v) is 6.00. The van der Waals surface area contributed by atoms with Gasteiger partial charge in [0.1, 0.15) is 0 Å². The molecule has 0 radical (unpaired) electrons. The van der Waals surface area contributed by atoms with Crippen LogP contribution in [-0.4, -0.2) is 21.9 Å². The van der Waals surface area contributed by atoms with Gasteiger partial charge in [-0.05, 0) is 42.6 Å². The van der Waals surface area contributed by atoms with Crippen molar-refractivity contribution < 1.29 is 13.2 Å². The molecule has 1 aromatic carbocycles. The van der Waals surface area contributed by atoms with Crippen molar-refractivity contribution in [3.8, 4) is 0 Å². The molecule has 8 heteroatoms. The molecule has 0 spiro atoms. The molecular formula is C14H8BrF3N2OS. The molecule has 3 nitrogen and oxygen atoms in total. The summed E-state index contributed by atoms with van der Waals surface area (Å²) in [7, 11) is 0. The Balaban J connectivity index is 2.35. The first kappa shape index (κ1) is 15.2. The van der Waals surface area contributed by atoms with Gasteiger partial charge in [0.25, 0.3) is 5.56 Å². The lowest BCUT2D eigenvalue weighted by atomic mass is 10.1. The maximum atomic E-state index is 14.0. The standard InChI is InChI=1S/C14H8BrF3N2OS/c15-6-1-3-9-7(5-6)13(21)20(14(22)19-9)10-4-2-8(16)11(17)12(10)18/h1-5,8,11H,(H,19,22). The number of aromatic amines is 1. The molecule has 1 aliphatic carbocycles. The van der Waals surface area contributed by atoms with Gasteiger partial charge >= 0.3 is 0 Å². The Morgan fingerprint density at radius 2 is 2.05 bits per heavy atom. The highest BCUT2D eigenvalue weighted by atomic mass is 79.9. The molecular weight excluding hydrogens is 381 g/mol. The summed E-state index contributed by atoms with van der Waals surface area (Å²) in [6, 6.07) is 4.89. The number of halogens is 4. The van der Waals surface area contributed by atoms with Gasteiger partial charge in [-0.3, -0.25) is 9.36 Å². The number of hydrogen-bond acceptors (Lipinski definition) is 2. The fourth-order valence-electron chi connectivity index (χ4n) is 2.23. The molecule has 1 heterocycles. The Morgan fingerprint density at radius 3 is 2.77 bits per heavy atom. The molecule has 22 heavy (non-hydrogen) atoms. The van der Waals surface area contributed by atoms with Crippen molar-refractivity contribution in [2.75, 3.05) is 0 Å². The molecule has 0 aliphatic heterocycles. The molecule has 0 bridgehead atoms. The van der Waals surface area contributed by atoms with Gasteiger partial charge in [-0.2, -0.15) is 0 Å². The Morgan fingerprint density at radius 1 is 1.32 bits per heavy atom. The summed E-state index contributed by atoms with van der Waals surface area (Å²) in [4.78, 5) is 15.3. The smallest absolute Gasteiger partial charge is 0.266 e. The lowest BCUT2D eigenvalue weighted by Crippen LogP contribution is -2.27. The van der Waals surface area contributed by atoms with Gasteiger partial charge < -0.3 is 4.98 Å². The van der Waals surface area contributed by atoms with Crippen LogP contribution in [0.3, 0.4) is 0 Å². The number of allylic oxidation sites excluding steroid dienone is 4. The second-order valence-electron chi connectivity index (χ2n) is 4.70. The van der Waals surface area contributed by atoms with Gasteiger partial charge in [0.2, 0.25) is 0 Å². The number of benzene rings is 1. The number of H-pyrrole nitrogens is 1. The summed E-state index contributed by atoms with van der Waals surface area (Å²) in [5, 5.41) is 0.245. The number of alkyl halides is 2. The van der Waals surface area contributed by atoms with E-state index in [2.05, 4.69) is 20.9 Å². The minimum Gasteiger partial charge on any atom is -0.331 e. The van der Waals surface area contributed by atoms with Crippen LogP contribution in [0.15, 0.2) is 45.4 Å². The van der Waals surface area contributed by atoms with Crippen LogP contribution in [-0.2, 0) is 0 Å². The van der Waals surface area contributed by atoms with Crippen LogP contribution in [0.2, 0.25) is 0 Å². The van der Waals surface area contributed by atoms with Gasteiger partial charge in [-0.1, -0.05) is 15.9 Å². The highest BCUT2D eigenvalue weighted by Crippen LogP contribution is 2.28. The molecule has 1 aromatic heterocycles. The summed E-state index contributed by atoms with van der Waals surface area (Å²) in [6.07, 6.45) is -2.65. The van der Waals surface area contributed by atoms with E-state index >= 15 is 0 Å². The third-order valence-electron chi connectivity index (χ3n) is 3.31. The van der Waals surface area contributed by atoms with Crippen molar-refractivity contribution in [1.29, 1.82) is 0 Å². The van der Waals surface area contributed by atoms with E-state index in [1.807, 2.05) is 0 Å². The number of nitrogens with one attached hydrogen (secondary N) is 1.